The molecule has 0 spiro atoms. The Morgan fingerprint density at radius 1 is 1.16 bits per heavy atom. The van der Waals surface area contributed by atoms with Gasteiger partial charge in [-0.3, -0.25) is 4.79 Å². The maximum atomic E-state index is 12.9. The number of quaternary nitrogens is 1. The van der Waals surface area contributed by atoms with E-state index in [4.69, 9.17) is 4.74 Å². The summed E-state index contributed by atoms with van der Waals surface area (Å²) in [6.07, 6.45) is 2.78. The number of hydrogen-bond donors (Lipinski definition) is 2. The van der Waals surface area contributed by atoms with E-state index in [2.05, 4.69) is 29.4 Å². The number of carbonyl (C=O) groups is 1. The number of fused-ring (bicyclic) bond motifs is 1. The van der Waals surface area contributed by atoms with E-state index in [1.165, 1.54) is 5.56 Å². The highest BCUT2D eigenvalue weighted by molar-refractivity contribution is 6.09. The van der Waals surface area contributed by atoms with Gasteiger partial charge in [0.2, 0.25) is 5.78 Å². The van der Waals surface area contributed by atoms with Crippen LogP contribution in [0.1, 0.15) is 42.2 Å². The van der Waals surface area contributed by atoms with Crippen LogP contribution in [0.25, 0.3) is 10.9 Å². The Kier molecular flexibility index (Phi) is 5.19. The summed E-state index contributed by atoms with van der Waals surface area (Å²) in [4.78, 5) is 16.1. The van der Waals surface area contributed by atoms with Gasteiger partial charge >= 0.3 is 0 Å². The molecule has 3 aromatic rings. The third kappa shape index (κ3) is 3.59. The molecule has 0 saturated heterocycles. The molecule has 130 valence electrons. The highest BCUT2D eigenvalue weighted by Gasteiger charge is 2.25. The van der Waals surface area contributed by atoms with Crippen molar-refractivity contribution in [1.82, 2.24) is 4.98 Å². The number of nitrogens with two attached hydrogens (primary N) is 1. The van der Waals surface area contributed by atoms with E-state index in [0.717, 1.165) is 28.6 Å². The van der Waals surface area contributed by atoms with Crippen LogP contribution < -0.4 is 10.1 Å². The largest absolute Gasteiger partial charge is 0.497 e. The molecule has 0 aliphatic heterocycles. The van der Waals surface area contributed by atoms with Gasteiger partial charge in [0.25, 0.3) is 0 Å². The maximum Gasteiger partial charge on any atom is 0.221 e. The van der Waals surface area contributed by atoms with Gasteiger partial charge in [-0.1, -0.05) is 25.1 Å². The van der Waals surface area contributed by atoms with Gasteiger partial charge in [0, 0.05) is 34.6 Å². The zero-order valence-electron chi connectivity index (χ0n) is 15.0. The number of rotatable bonds is 7. The summed E-state index contributed by atoms with van der Waals surface area (Å²) < 4.78 is 5.22. The molecule has 4 heteroatoms. The number of aromatic amines is 1. The summed E-state index contributed by atoms with van der Waals surface area (Å²) in [5.74, 6) is 1.01. The van der Waals surface area contributed by atoms with Crippen molar-refractivity contribution in [3.63, 3.8) is 0 Å². The van der Waals surface area contributed by atoms with Crippen LogP contribution in [-0.2, 0) is 0 Å². The number of carbonyl (C=O) groups excluding carboxylic acids is 1. The van der Waals surface area contributed by atoms with Crippen molar-refractivity contribution in [3.05, 3.63) is 65.9 Å². The second-order valence-corrected chi connectivity index (χ2v) is 6.38. The Morgan fingerprint density at radius 2 is 1.88 bits per heavy atom. The normalized spacial score (nSPS) is 13.6. The molecular formula is C21H25N2O2+. The molecule has 25 heavy (non-hydrogen) atoms. The summed E-state index contributed by atoms with van der Waals surface area (Å²) in [6.45, 7) is 4.13. The molecule has 0 aliphatic carbocycles. The van der Waals surface area contributed by atoms with E-state index in [0.29, 0.717) is 0 Å². The SMILES string of the molecule is CC[C@H]([NH2+][C@H](C)C(=O)c1c[nH]c2ccccc12)c1ccc(OC)cc1. The first-order chi connectivity index (χ1) is 12.1. The standard InChI is InChI=1S/C21H24N2O2/c1-4-19(15-9-11-16(25-3)12-10-15)23-14(2)21(24)18-13-22-20-8-6-5-7-17(18)20/h5-14,19,22-23H,4H2,1-3H3/p+1/t14-,19+/m1/s1. The van der Waals surface area contributed by atoms with Gasteiger partial charge < -0.3 is 15.0 Å². The number of ketones is 1. The van der Waals surface area contributed by atoms with E-state index in [1.54, 1.807) is 7.11 Å². The molecule has 0 saturated carbocycles. The molecule has 2 aromatic carbocycles. The molecule has 1 heterocycles. The summed E-state index contributed by atoms with van der Waals surface area (Å²) >= 11 is 0. The minimum absolute atomic E-state index is 0.147. The van der Waals surface area contributed by atoms with Gasteiger partial charge in [0.1, 0.15) is 17.8 Å². The van der Waals surface area contributed by atoms with E-state index in [9.17, 15) is 4.79 Å². The van der Waals surface area contributed by atoms with Gasteiger partial charge in [-0.15, -0.1) is 0 Å². The Morgan fingerprint density at radius 3 is 2.56 bits per heavy atom. The molecule has 3 N–H and O–H groups in total. The maximum absolute atomic E-state index is 12.9. The van der Waals surface area contributed by atoms with Crippen molar-refractivity contribution in [2.45, 2.75) is 32.4 Å². The Bertz CT molecular complexity index is 852. The van der Waals surface area contributed by atoms with Gasteiger partial charge in [-0.05, 0) is 37.3 Å². The molecular weight excluding hydrogens is 312 g/mol. The van der Waals surface area contributed by atoms with E-state index in [1.807, 2.05) is 49.5 Å². The molecule has 0 bridgehead atoms. The van der Waals surface area contributed by atoms with Gasteiger partial charge in [-0.25, -0.2) is 0 Å². The number of para-hydroxylation sites is 1. The lowest BCUT2D eigenvalue weighted by Crippen LogP contribution is -2.91. The molecule has 3 rings (SSSR count). The second kappa shape index (κ2) is 7.53. The number of H-pyrrole nitrogens is 1. The van der Waals surface area contributed by atoms with Crippen molar-refractivity contribution in [3.8, 4) is 5.75 Å². The van der Waals surface area contributed by atoms with E-state index in [-0.39, 0.29) is 17.9 Å². The van der Waals surface area contributed by atoms with Crippen molar-refractivity contribution in [2.24, 2.45) is 0 Å². The third-order valence-electron chi connectivity index (χ3n) is 4.77. The molecule has 0 radical (unpaired) electrons. The monoisotopic (exact) mass is 337 g/mol. The van der Waals surface area contributed by atoms with Crippen LogP contribution in [0.15, 0.2) is 54.7 Å². The number of nitrogens with one attached hydrogen (secondary N) is 1. The number of ether oxygens (including phenoxy) is 1. The molecule has 4 nitrogen and oxygen atoms in total. The van der Waals surface area contributed by atoms with Crippen LogP contribution in [-0.4, -0.2) is 23.9 Å². The quantitative estimate of drug-likeness (QED) is 0.649. The molecule has 0 fully saturated rings. The minimum atomic E-state index is -0.147. The fourth-order valence-electron chi connectivity index (χ4n) is 3.29. The van der Waals surface area contributed by atoms with Crippen LogP contribution in [0.4, 0.5) is 0 Å². The lowest BCUT2D eigenvalue weighted by Gasteiger charge is -2.18. The predicted molar refractivity (Wildman–Crippen MR) is 100 cm³/mol. The molecule has 0 amide bonds. The zero-order chi connectivity index (χ0) is 17.8. The third-order valence-corrected chi connectivity index (χ3v) is 4.77. The van der Waals surface area contributed by atoms with Crippen LogP contribution >= 0.6 is 0 Å². The van der Waals surface area contributed by atoms with Gasteiger partial charge in [0.05, 0.1) is 7.11 Å². The highest BCUT2D eigenvalue weighted by Crippen LogP contribution is 2.20. The van der Waals surface area contributed by atoms with Crippen LogP contribution in [0.5, 0.6) is 5.75 Å². The zero-order valence-corrected chi connectivity index (χ0v) is 15.0. The molecule has 1 aromatic heterocycles. The number of benzene rings is 2. The number of hydrogen-bond acceptors (Lipinski definition) is 2. The highest BCUT2D eigenvalue weighted by atomic mass is 16.5. The number of Topliss-reactive ketones (excluding diaryl/α,β-unsaturated/α-hetero) is 1. The first-order valence-electron chi connectivity index (χ1n) is 8.73. The van der Waals surface area contributed by atoms with Gasteiger partial charge in [-0.2, -0.15) is 0 Å². The van der Waals surface area contributed by atoms with Crippen LogP contribution in [0.2, 0.25) is 0 Å². The molecule has 0 unspecified atom stereocenters. The summed E-state index contributed by atoms with van der Waals surface area (Å²) in [6, 6.07) is 16.1. The fraction of sp³-hybridized carbons (Fsp3) is 0.286. The Labute approximate surface area is 148 Å². The molecule has 0 aliphatic rings. The van der Waals surface area contributed by atoms with Gasteiger partial charge in [0.15, 0.2) is 0 Å². The fourth-order valence-corrected chi connectivity index (χ4v) is 3.29. The van der Waals surface area contributed by atoms with E-state index >= 15 is 0 Å². The van der Waals surface area contributed by atoms with E-state index < -0.39 is 0 Å². The van der Waals surface area contributed by atoms with Crippen molar-refractivity contribution >= 4 is 16.7 Å². The smallest absolute Gasteiger partial charge is 0.221 e. The lowest BCUT2D eigenvalue weighted by molar-refractivity contribution is -0.712. The van der Waals surface area contributed by atoms with Crippen molar-refractivity contribution < 1.29 is 14.8 Å². The lowest BCUT2D eigenvalue weighted by atomic mass is 10.00. The summed E-state index contributed by atoms with van der Waals surface area (Å²) in [5, 5.41) is 3.15. The van der Waals surface area contributed by atoms with Crippen LogP contribution in [0.3, 0.4) is 0 Å². The minimum Gasteiger partial charge on any atom is -0.497 e. The predicted octanol–water partition coefficient (Wildman–Crippen LogP) is 3.46. The summed E-state index contributed by atoms with van der Waals surface area (Å²) in [5.41, 5.74) is 2.98. The average Bonchev–Trinajstić information content (AvgIpc) is 3.09. The number of methoxy groups -OCH3 is 1. The van der Waals surface area contributed by atoms with Crippen LogP contribution in [0, 0.1) is 0 Å². The average molecular weight is 337 g/mol. The first-order valence-corrected chi connectivity index (χ1v) is 8.73. The van der Waals surface area contributed by atoms with Crippen molar-refractivity contribution in [1.29, 1.82) is 0 Å². The Balaban J connectivity index is 1.77. The van der Waals surface area contributed by atoms with Crippen molar-refractivity contribution in [2.75, 3.05) is 7.11 Å². The first kappa shape index (κ1) is 17.2. The number of aromatic nitrogens is 1. The Hall–Kier alpha value is -2.59. The summed E-state index contributed by atoms with van der Waals surface area (Å²) in [7, 11) is 1.67. The molecule has 2 atom stereocenters. The second-order valence-electron chi connectivity index (χ2n) is 6.38. The topological polar surface area (TPSA) is 58.7 Å².